The van der Waals surface area contributed by atoms with Gasteiger partial charge >= 0.3 is 0 Å². The van der Waals surface area contributed by atoms with E-state index in [1.54, 1.807) is 6.33 Å². The molecule has 5 nitrogen and oxygen atoms in total. The molecule has 0 unspecified atom stereocenters. The van der Waals surface area contributed by atoms with E-state index >= 15 is 0 Å². The molecule has 1 aromatic carbocycles. The van der Waals surface area contributed by atoms with E-state index in [-0.39, 0.29) is 0 Å². The van der Waals surface area contributed by atoms with Crippen LogP contribution in [-0.4, -0.2) is 50.2 Å². The molecule has 2 saturated heterocycles. The summed E-state index contributed by atoms with van der Waals surface area (Å²) in [6, 6.07) is 6.73. The first-order valence-electron chi connectivity index (χ1n) is 9.12. The predicted octanol–water partition coefficient (Wildman–Crippen LogP) is 2.53. The summed E-state index contributed by atoms with van der Waals surface area (Å²) >= 11 is 0. The van der Waals surface area contributed by atoms with Crippen molar-refractivity contribution in [2.45, 2.75) is 31.6 Å². The highest BCUT2D eigenvalue weighted by atomic mass is 15.1. The minimum Gasteiger partial charge on any atom is -0.371 e. The Hall–Kier alpha value is -1.72. The second-order valence-electron chi connectivity index (χ2n) is 6.68. The second kappa shape index (κ2) is 8.40. The maximum absolute atomic E-state index is 4.61. The summed E-state index contributed by atoms with van der Waals surface area (Å²) in [5.74, 6) is 0.578. The Morgan fingerprint density at radius 2 is 1.79 bits per heavy atom. The number of aromatic nitrogens is 2. The number of fused-ring (bicyclic) bond motifs is 1. The van der Waals surface area contributed by atoms with E-state index in [0.29, 0.717) is 5.92 Å². The lowest BCUT2D eigenvalue weighted by Gasteiger charge is -2.23. The van der Waals surface area contributed by atoms with Crippen LogP contribution in [0.4, 0.5) is 5.69 Å². The third kappa shape index (κ3) is 3.84. The summed E-state index contributed by atoms with van der Waals surface area (Å²) in [6.45, 7) is 4.56. The van der Waals surface area contributed by atoms with Crippen LogP contribution in [-0.2, 0) is 0 Å². The van der Waals surface area contributed by atoms with Crippen molar-refractivity contribution in [1.29, 1.82) is 0 Å². The lowest BCUT2D eigenvalue weighted by Crippen LogP contribution is -2.27. The fourth-order valence-corrected chi connectivity index (χ4v) is 3.66. The Morgan fingerprint density at radius 3 is 2.50 bits per heavy atom. The number of hydrogen-bond acceptors (Lipinski definition) is 5. The van der Waals surface area contributed by atoms with Gasteiger partial charge in [0.1, 0.15) is 6.33 Å². The fourth-order valence-electron chi connectivity index (χ4n) is 3.66. The van der Waals surface area contributed by atoms with E-state index in [4.69, 9.17) is 0 Å². The van der Waals surface area contributed by atoms with E-state index in [9.17, 15) is 0 Å². The Balaban J connectivity index is 0.000000526. The first-order chi connectivity index (χ1) is 11.8. The molecule has 3 heterocycles. The van der Waals surface area contributed by atoms with Gasteiger partial charge in [0, 0.05) is 30.1 Å². The monoisotopic (exact) mass is 327 g/mol. The number of hydrogen-bond donors (Lipinski definition) is 2. The zero-order chi connectivity index (χ0) is 16.8. The molecule has 2 N–H and O–H groups in total. The summed E-state index contributed by atoms with van der Waals surface area (Å²) in [7, 11) is 3.75. The van der Waals surface area contributed by atoms with Gasteiger partial charge in [0.25, 0.3) is 0 Å². The smallest absolute Gasteiger partial charge is 0.116 e. The van der Waals surface area contributed by atoms with Crippen molar-refractivity contribution in [3.63, 3.8) is 0 Å². The lowest BCUT2D eigenvalue weighted by molar-refractivity contribution is 0.455. The van der Waals surface area contributed by atoms with Crippen LogP contribution in [0, 0.1) is 0 Å². The summed E-state index contributed by atoms with van der Waals surface area (Å²) in [6.07, 6.45) is 6.72. The Kier molecular flexibility index (Phi) is 5.99. The van der Waals surface area contributed by atoms with E-state index in [2.05, 4.69) is 43.7 Å². The zero-order valence-corrected chi connectivity index (χ0v) is 14.9. The normalized spacial score (nSPS) is 18.5. The standard InChI is InChI=1S/C17H22N4.C2H7N/c1-2-10-21(9-1)14-3-4-15-16(11-14)19-12-20-17(15)13-5-7-18-8-6-13;1-3-2/h3-4,11-13,18H,1-2,5-10H2;3H,1-2H3. The molecule has 5 heteroatoms. The van der Waals surface area contributed by atoms with Crippen LogP contribution in [0.25, 0.3) is 10.9 Å². The molecule has 2 aromatic rings. The SMILES string of the molecule is CNC.c1nc(C2CCNCC2)c2ccc(N3CCCC3)cc2n1. The third-order valence-electron chi connectivity index (χ3n) is 4.85. The molecule has 2 aliphatic rings. The quantitative estimate of drug-likeness (QED) is 0.888. The molecule has 0 radical (unpaired) electrons. The molecule has 0 saturated carbocycles. The lowest BCUT2D eigenvalue weighted by atomic mass is 9.92. The molecular weight excluding hydrogens is 298 g/mol. The van der Waals surface area contributed by atoms with Crippen LogP contribution >= 0.6 is 0 Å². The molecule has 0 atom stereocenters. The maximum Gasteiger partial charge on any atom is 0.116 e. The first-order valence-corrected chi connectivity index (χ1v) is 9.12. The van der Waals surface area contributed by atoms with E-state index < -0.39 is 0 Å². The largest absolute Gasteiger partial charge is 0.371 e. The van der Waals surface area contributed by atoms with E-state index in [0.717, 1.165) is 18.6 Å². The van der Waals surface area contributed by atoms with Crippen molar-refractivity contribution in [3.05, 3.63) is 30.2 Å². The topological polar surface area (TPSA) is 53.1 Å². The maximum atomic E-state index is 4.61. The predicted molar refractivity (Wildman–Crippen MR) is 101 cm³/mol. The minimum atomic E-state index is 0.578. The van der Waals surface area contributed by atoms with Gasteiger partial charge in [0.05, 0.1) is 11.2 Å². The van der Waals surface area contributed by atoms with Crippen molar-refractivity contribution in [1.82, 2.24) is 20.6 Å². The van der Waals surface area contributed by atoms with Gasteiger partial charge in [-0.3, -0.25) is 0 Å². The first kappa shape index (κ1) is 17.1. The molecule has 0 spiro atoms. The van der Waals surface area contributed by atoms with Gasteiger partial charge in [-0.2, -0.15) is 0 Å². The van der Waals surface area contributed by atoms with Crippen LogP contribution in [0.1, 0.15) is 37.3 Å². The Bertz CT molecular complexity index is 645. The van der Waals surface area contributed by atoms with Crippen molar-refractivity contribution in [2.75, 3.05) is 45.2 Å². The van der Waals surface area contributed by atoms with E-state index in [1.807, 2.05) is 14.1 Å². The van der Waals surface area contributed by atoms with E-state index in [1.165, 1.54) is 55.5 Å². The van der Waals surface area contributed by atoms with Crippen LogP contribution in [0.2, 0.25) is 0 Å². The van der Waals surface area contributed by atoms with Crippen LogP contribution < -0.4 is 15.5 Å². The molecule has 1 aromatic heterocycles. The Morgan fingerprint density at radius 1 is 1.08 bits per heavy atom. The van der Waals surface area contributed by atoms with Gasteiger partial charge in [-0.05, 0) is 71.1 Å². The molecule has 0 aliphatic carbocycles. The number of piperidine rings is 1. The van der Waals surface area contributed by atoms with Crippen molar-refractivity contribution >= 4 is 16.6 Å². The van der Waals surface area contributed by atoms with Crippen LogP contribution in [0.15, 0.2) is 24.5 Å². The average molecular weight is 327 g/mol. The summed E-state index contributed by atoms with van der Waals surface area (Å²) in [4.78, 5) is 11.6. The van der Waals surface area contributed by atoms with Gasteiger partial charge in [-0.15, -0.1) is 0 Å². The van der Waals surface area contributed by atoms with Crippen molar-refractivity contribution < 1.29 is 0 Å². The summed E-state index contributed by atoms with van der Waals surface area (Å²) in [5, 5.41) is 7.42. The molecular formula is C19H29N5. The number of nitrogens with zero attached hydrogens (tertiary/aromatic N) is 3. The highest BCUT2D eigenvalue weighted by Gasteiger charge is 2.20. The highest BCUT2D eigenvalue weighted by Crippen LogP contribution is 2.31. The summed E-state index contributed by atoms with van der Waals surface area (Å²) in [5.41, 5.74) is 3.66. The van der Waals surface area contributed by atoms with Gasteiger partial charge in [-0.25, -0.2) is 9.97 Å². The van der Waals surface area contributed by atoms with Gasteiger partial charge in [0.2, 0.25) is 0 Å². The number of rotatable bonds is 2. The molecule has 0 bridgehead atoms. The summed E-state index contributed by atoms with van der Waals surface area (Å²) < 4.78 is 0. The van der Waals surface area contributed by atoms with Gasteiger partial charge < -0.3 is 15.5 Å². The van der Waals surface area contributed by atoms with Gasteiger partial charge in [-0.1, -0.05) is 0 Å². The molecule has 130 valence electrons. The number of anilines is 1. The average Bonchev–Trinajstić information content (AvgIpc) is 3.17. The van der Waals surface area contributed by atoms with Crippen LogP contribution in [0.3, 0.4) is 0 Å². The minimum absolute atomic E-state index is 0.578. The zero-order valence-electron chi connectivity index (χ0n) is 14.9. The Labute approximate surface area is 144 Å². The molecule has 0 amide bonds. The third-order valence-corrected chi connectivity index (χ3v) is 4.85. The molecule has 24 heavy (non-hydrogen) atoms. The van der Waals surface area contributed by atoms with Crippen LogP contribution in [0.5, 0.6) is 0 Å². The number of nitrogens with one attached hydrogen (secondary N) is 2. The molecule has 2 fully saturated rings. The molecule has 4 rings (SSSR count). The second-order valence-corrected chi connectivity index (χ2v) is 6.68. The van der Waals surface area contributed by atoms with Crippen molar-refractivity contribution in [2.24, 2.45) is 0 Å². The fraction of sp³-hybridized carbons (Fsp3) is 0.579. The van der Waals surface area contributed by atoms with Gasteiger partial charge in [0.15, 0.2) is 0 Å². The van der Waals surface area contributed by atoms with Crippen molar-refractivity contribution in [3.8, 4) is 0 Å². The highest BCUT2D eigenvalue weighted by molar-refractivity contribution is 5.84. The number of benzene rings is 1. The molecule has 2 aliphatic heterocycles.